The molecule has 2 nitrogen and oxygen atoms in total. The predicted octanol–water partition coefficient (Wildman–Crippen LogP) is 4.41. The van der Waals surface area contributed by atoms with Gasteiger partial charge in [-0.1, -0.05) is 45.1 Å². The molecule has 0 amide bonds. The van der Waals surface area contributed by atoms with Crippen LogP contribution in [-0.2, 0) is 5.41 Å². The number of hydrogen-bond donors (Lipinski definition) is 1. The summed E-state index contributed by atoms with van der Waals surface area (Å²) in [6.45, 7) is 8.75. The van der Waals surface area contributed by atoms with E-state index in [0.29, 0.717) is 4.64 Å². The molecule has 18 heavy (non-hydrogen) atoms. The van der Waals surface area contributed by atoms with Crippen molar-refractivity contribution in [3.63, 3.8) is 0 Å². The van der Waals surface area contributed by atoms with E-state index >= 15 is 0 Å². The summed E-state index contributed by atoms with van der Waals surface area (Å²) in [6.07, 6.45) is 0. The first-order valence-corrected chi connectivity index (χ1v) is 6.46. The number of aryl methyl sites for hydroxylation is 1. The third-order valence-electron chi connectivity index (χ3n) is 3.06. The number of benzene rings is 1. The molecule has 0 unspecified atom stereocenters. The molecule has 0 aliphatic rings. The van der Waals surface area contributed by atoms with Gasteiger partial charge in [-0.3, -0.25) is 5.10 Å². The molecule has 1 aromatic carbocycles. The van der Waals surface area contributed by atoms with E-state index in [4.69, 9.17) is 12.2 Å². The number of nitrogens with zero attached hydrogens (tertiary/aromatic N) is 1. The van der Waals surface area contributed by atoms with Crippen molar-refractivity contribution in [1.29, 1.82) is 0 Å². The summed E-state index contributed by atoms with van der Waals surface area (Å²) in [5, 5.41) is 7.15. The Bertz CT molecular complexity index is 601. The van der Waals surface area contributed by atoms with E-state index in [0.717, 1.165) is 11.3 Å². The van der Waals surface area contributed by atoms with Crippen LogP contribution in [0.1, 0.15) is 31.9 Å². The molecule has 1 N–H and O–H groups in total. The van der Waals surface area contributed by atoms with E-state index in [9.17, 15) is 0 Å². The zero-order valence-electron chi connectivity index (χ0n) is 11.2. The maximum atomic E-state index is 5.02. The number of aromatic amines is 1. The second-order valence-electron chi connectivity index (χ2n) is 5.59. The van der Waals surface area contributed by atoms with Gasteiger partial charge in [0.05, 0.1) is 5.69 Å². The third kappa shape index (κ3) is 2.67. The maximum Gasteiger partial charge on any atom is 0.119 e. The summed E-state index contributed by atoms with van der Waals surface area (Å²) in [7, 11) is 0. The van der Waals surface area contributed by atoms with Gasteiger partial charge >= 0.3 is 0 Å². The van der Waals surface area contributed by atoms with Crippen LogP contribution >= 0.6 is 12.2 Å². The molecule has 0 spiro atoms. The molecule has 0 saturated heterocycles. The molecule has 94 valence electrons. The quantitative estimate of drug-likeness (QED) is 0.767. The minimum absolute atomic E-state index is 0.143. The van der Waals surface area contributed by atoms with Crippen LogP contribution in [0.5, 0.6) is 0 Å². The molecular formula is C15H18N2S. The Kier molecular flexibility index (Phi) is 3.35. The minimum Gasteiger partial charge on any atom is -0.267 e. The first-order chi connectivity index (χ1) is 8.38. The van der Waals surface area contributed by atoms with Crippen molar-refractivity contribution < 1.29 is 0 Å². The molecule has 0 aliphatic heterocycles. The fourth-order valence-corrected chi connectivity index (χ4v) is 1.97. The standard InChI is InChI=1S/C15H18N2S/c1-10-5-6-11(15(2,3)4)9-12(10)13-7-8-14(18)17-16-13/h5-9H,1-4H3,(H,17,18). The molecule has 1 heterocycles. The fraction of sp³-hybridized carbons (Fsp3) is 0.333. The van der Waals surface area contributed by atoms with Gasteiger partial charge in [0.2, 0.25) is 0 Å². The Morgan fingerprint density at radius 3 is 2.39 bits per heavy atom. The summed E-state index contributed by atoms with van der Waals surface area (Å²) in [5.74, 6) is 0. The highest BCUT2D eigenvalue weighted by atomic mass is 32.1. The van der Waals surface area contributed by atoms with Crippen molar-refractivity contribution in [2.75, 3.05) is 0 Å². The zero-order valence-corrected chi connectivity index (χ0v) is 12.1. The Morgan fingerprint density at radius 1 is 1.11 bits per heavy atom. The average Bonchev–Trinajstić information content (AvgIpc) is 2.29. The molecule has 0 aliphatic carbocycles. The third-order valence-corrected chi connectivity index (χ3v) is 3.29. The fourth-order valence-electron chi connectivity index (χ4n) is 1.86. The van der Waals surface area contributed by atoms with Crippen LogP contribution in [0, 0.1) is 11.6 Å². The van der Waals surface area contributed by atoms with E-state index in [1.807, 2.05) is 12.1 Å². The van der Waals surface area contributed by atoms with Crippen LogP contribution in [0.25, 0.3) is 11.3 Å². The van der Waals surface area contributed by atoms with Gasteiger partial charge in [0.1, 0.15) is 4.64 Å². The highest BCUT2D eigenvalue weighted by Gasteiger charge is 2.15. The lowest BCUT2D eigenvalue weighted by atomic mass is 9.85. The summed E-state index contributed by atoms with van der Waals surface area (Å²) in [4.78, 5) is 0. The first kappa shape index (κ1) is 13.0. The summed E-state index contributed by atoms with van der Waals surface area (Å²) < 4.78 is 0.656. The number of nitrogens with one attached hydrogen (secondary N) is 1. The van der Waals surface area contributed by atoms with E-state index in [2.05, 4.69) is 56.1 Å². The maximum absolute atomic E-state index is 5.02. The summed E-state index contributed by atoms with van der Waals surface area (Å²) in [6, 6.07) is 10.4. The van der Waals surface area contributed by atoms with Crippen molar-refractivity contribution in [3.8, 4) is 11.3 Å². The monoisotopic (exact) mass is 258 g/mol. The van der Waals surface area contributed by atoms with Crippen LogP contribution in [0.15, 0.2) is 30.3 Å². The van der Waals surface area contributed by atoms with E-state index in [1.54, 1.807) is 0 Å². The van der Waals surface area contributed by atoms with Gasteiger partial charge in [0, 0.05) is 5.56 Å². The van der Waals surface area contributed by atoms with Crippen molar-refractivity contribution >= 4 is 12.2 Å². The molecule has 0 radical (unpaired) electrons. The van der Waals surface area contributed by atoms with Gasteiger partial charge in [-0.15, -0.1) is 0 Å². The van der Waals surface area contributed by atoms with Gasteiger partial charge in [-0.05, 0) is 41.7 Å². The Hall–Kier alpha value is -1.48. The average molecular weight is 258 g/mol. The van der Waals surface area contributed by atoms with Gasteiger partial charge in [-0.2, -0.15) is 5.10 Å². The SMILES string of the molecule is Cc1ccc(C(C)(C)C)cc1-c1ccc(=S)[nH]n1. The van der Waals surface area contributed by atoms with Crippen molar-refractivity contribution in [2.45, 2.75) is 33.1 Å². The van der Waals surface area contributed by atoms with Crippen LogP contribution in [0.3, 0.4) is 0 Å². The van der Waals surface area contributed by atoms with Crippen molar-refractivity contribution in [2.24, 2.45) is 0 Å². The topological polar surface area (TPSA) is 28.7 Å². The highest BCUT2D eigenvalue weighted by molar-refractivity contribution is 7.71. The predicted molar refractivity (Wildman–Crippen MR) is 78.3 cm³/mol. The number of hydrogen-bond acceptors (Lipinski definition) is 2. The lowest BCUT2D eigenvalue weighted by Crippen LogP contribution is -2.11. The number of aromatic nitrogens is 2. The van der Waals surface area contributed by atoms with Gasteiger partial charge < -0.3 is 0 Å². The van der Waals surface area contributed by atoms with Crippen molar-refractivity contribution in [1.82, 2.24) is 10.2 Å². The van der Waals surface area contributed by atoms with Gasteiger partial charge in [0.25, 0.3) is 0 Å². The van der Waals surface area contributed by atoms with E-state index in [-0.39, 0.29) is 5.41 Å². The normalized spacial score (nSPS) is 11.6. The molecule has 3 heteroatoms. The molecule has 1 aromatic heterocycles. The Labute approximate surface area is 113 Å². The largest absolute Gasteiger partial charge is 0.267 e. The molecule has 0 atom stereocenters. The first-order valence-electron chi connectivity index (χ1n) is 6.05. The number of H-pyrrole nitrogens is 1. The molecule has 0 fully saturated rings. The lowest BCUT2D eigenvalue weighted by Gasteiger charge is -2.20. The Morgan fingerprint density at radius 2 is 1.83 bits per heavy atom. The minimum atomic E-state index is 0.143. The number of rotatable bonds is 1. The second kappa shape index (κ2) is 4.65. The highest BCUT2D eigenvalue weighted by Crippen LogP contribution is 2.28. The lowest BCUT2D eigenvalue weighted by molar-refractivity contribution is 0.590. The molecule has 0 saturated carbocycles. The second-order valence-corrected chi connectivity index (χ2v) is 6.03. The van der Waals surface area contributed by atoms with Crippen LogP contribution in [0.2, 0.25) is 0 Å². The van der Waals surface area contributed by atoms with Crippen LogP contribution < -0.4 is 0 Å². The Balaban J connectivity index is 2.56. The molecule has 2 aromatic rings. The van der Waals surface area contributed by atoms with Crippen LogP contribution in [-0.4, -0.2) is 10.2 Å². The van der Waals surface area contributed by atoms with E-state index in [1.165, 1.54) is 11.1 Å². The summed E-state index contributed by atoms with van der Waals surface area (Å²) >= 11 is 5.02. The van der Waals surface area contributed by atoms with E-state index < -0.39 is 0 Å². The molecule has 0 bridgehead atoms. The van der Waals surface area contributed by atoms with Gasteiger partial charge in [0.15, 0.2) is 0 Å². The molecular weight excluding hydrogens is 240 g/mol. The zero-order chi connectivity index (χ0) is 13.3. The summed E-state index contributed by atoms with van der Waals surface area (Å²) in [5.41, 5.74) is 4.78. The molecule has 2 rings (SSSR count). The van der Waals surface area contributed by atoms with Crippen LogP contribution in [0.4, 0.5) is 0 Å². The van der Waals surface area contributed by atoms with Crippen molar-refractivity contribution in [3.05, 3.63) is 46.1 Å². The smallest absolute Gasteiger partial charge is 0.119 e. The van der Waals surface area contributed by atoms with Gasteiger partial charge in [-0.25, -0.2) is 0 Å².